The first kappa shape index (κ1) is 23.9. The molecule has 7 nitrogen and oxygen atoms in total. The zero-order chi connectivity index (χ0) is 24.4. The molecule has 0 aliphatic carbocycles. The van der Waals surface area contributed by atoms with Crippen LogP contribution in [0.3, 0.4) is 0 Å². The lowest BCUT2D eigenvalue weighted by Crippen LogP contribution is -2.53. The number of ether oxygens (including phenoxy) is 1. The number of piperazine rings is 1. The van der Waals surface area contributed by atoms with Gasteiger partial charge in [0.05, 0.1) is 20.9 Å². The summed E-state index contributed by atoms with van der Waals surface area (Å²) in [4.78, 5) is 9.24. The maximum Gasteiger partial charge on any atom is 0.167 e. The standard InChI is InChI=1S/C27H32N4O3S/c1-18-4-6-21(7-5-18)26-12-22(29-34-26)15-30-10-11-31(19(2)14-30)16-23(32)17-33-24-8-9-27-25(13-24)28-20(3)35-27/h4-9,12-13,19,23,32H,10-11,14-17H2,1-3H3/t19-,23-/m0/s1. The Kier molecular flexibility index (Phi) is 7.15. The predicted octanol–water partition coefficient (Wildman–Crippen LogP) is 4.51. The van der Waals surface area contributed by atoms with E-state index in [1.165, 1.54) is 5.56 Å². The van der Waals surface area contributed by atoms with Crippen LogP contribution in [-0.2, 0) is 6.54 Å². The Balaban J connectivity index is 1.09. The number of aromatic nitrogens is 2. The molecule has 1 fully saturated rings. The number of fused-ring (bicyclic) bond motifs is 1. The van der Waals surface area contributed by atoms with Gasteiger partial charge in [-0.2, -0.15) is 0 Å². The van der Waals surface area contributed by atoms with Crippen molar-refractivity contribution in [3.05, 3.63) is 64.8 Å². The van der Waals surface area contributed by atoms with Crippen molar-refractivity contribution in [2.75, 3.05) is 32.8 Å². The molecule has 8 heteroatoms. The van der Waals surface area contributed by atoms with Crippen LogP contribution in [0.15, 0.2) is 53.1 Å². The van der Waals surface area contributed by atoms with E-state index in [-0.39, 0.29) is 6.61 Å². The number of nitrogens with zero attached hydrogens (tertiary/aromatic N) is 4. The van der Waals surface area contributed by atoms with Crippen LogP contribution in [-0.4, -0.2) is 70.0 Å². The molecule has 2 aromatic carbocycles. The quantitative estimate of drug-likeness (QED) is 0.388. The zero-order valence-electron chi connectivity index (χ0n) is 20.5. The van der Waals surface area contributed by atoms with Gasteiger partial charge in [-0.05, 0) is 32.9 Å². The van der Waals surface area contributed by atoms with Crippen LogP contribution in [0.5, 0.6) is 5.75 Å². The predicted molar refractivity (Wildman–Crippen MR) is 139 cm³/mol. The van der Waals surface area contributed by atoms with Gasteiger partial charge in [0.2, 0.25) is 0 Å². The summed E-state index contributed by atoms with van der Waals surface area (Å²) < 4.78 is 12.6. The number of aliphatic hydroxyl groups excluding tert-OH is 1. The van der Waals surface area contributed by atoms with E-state index in [1.807, 2.05) is 31.2 Å². The maximum atomic E-state index is 10.6. The first-order valence-electron chi connectivity index (χ1n) is 12.1. The molecule has 2 atom stereocenters. The fourth-order valence-corrected chi connectivity index (χ4v) is 5.39. The Morgan fingerprint density at radius 2 is 1.97 bits per heavy atom. The number of rotatable bonds is 8. The summed E-state index contributed by atoms with van der Waals surface area (Å²) in [5, 5.41) is 15.9. The van der Waals surface area contributed by atoms with E-state index in [2.05, 4.69) is 58.1 Å². The van der Waals surface area contributed by atoms with Gasteiger partial charge in [-0.1, -0.05) is 35.0 Å². The third-order valence-corrected chi connectivity index (χ3v) is 7.44. The van der Waals surface area contributed by atoms with Crippen molar-refractivity contribution < 1.29 is 14.4 Å². The fraction of sp³-hybridized carbons (Fsp3) is 0.407. The highest BCUT2D eigenvalue weighted by Crippen LogP contribution is 2.26. The lowest BCUT2D eigenvalue weighted by molar-refractivity contribution is 0.0192. The minimum absolute atomic E-state index is 0.266. The lowest BCUT2D eigenvalue weighted by Gasteiger charge is -2.40. The van der Waals surface area contributed by atoms with Gasteiger partial charge in [-0.25, -0.2) is 4.98 Å². The van der Waals surface area contributed by atoms with Gasteiger partial charge in [0.25, 0.3) is 0 Å². The highest BCUT2D eigenvalue weighted by Gasteiger charge is 2.26. The first-order chi connectivity index (χ1) is 16.9. The van der Waals surface area contributed by atoms with Gasteiger partial charge in [-0.3, -0.25) is 9.80 Å². The molecule has 4 aromatic rings. The van der Waals surface area contributed by atoms with E-state index in [0.717, 1.165) is 64.2 Å². The molecule has 2 aromatic heterocycles. The summed E-state index contributed by atoms with van der Waals surface area (Å²) in [6.45, 7) is 10.6. The second-order valence-corrected chi connectivity index (χ2v) is 10.7. The zero-order valence-corrected chi connectivity index (χ0v) is 21.3. The molecule has 3 heterocycles. The van der Waals surface area contributed by atoms with Gasteiger partial charge < -0.3 is 14.4 Å². The molecule has 0 unspecified atom stereocenters. The highest BCUT2D eigenvalue weighted by atomic mass is 32.1. The number of thiazole rings is 1. The van der Waals surface area contributed by atoms with E-state index in [4.69, 9.17) is 9.26 Å². The molecule has 1 N–H and O–H groups in total. The SMILES string of the molecule is Cc1ccc(-c2cc(CN3CCN(C[C@H](O)COc4ccc5sc(C)nc5c4)[C@@H](C)C3)no2)cc1. The molecule has 35 heavy (non-hydrogen) atoms. The number of benzene rings is 2. The molecule has 0 amide bonds. The third kappa shape index (κ3) is 5.90. The van der Waals surface area contributed by atoms with Crippen molar-refractivity contribution in [2.45, 2.75) is 39.5 Å². The number of β-amino-alcohol motifs (C(OH)–C–C–N with tert-alkyl or cyclic N) is 1. The Hall–Kier alpha value is -2.78. The Morgan fingerprint density at radius 1 is 1.14 bits per heavy atom. The van der Waals surface area contributed by atoms with Crippen molar-refractivity contribution in [1.29, 1.82) is 0 Å². The molecular formula is C27H32N4O3S. The van der Waals surface area contributed by atoms with Crippen LogP contribution in [0.2, 0.25) is 0 Å². The summed E-state index contributed by atoms with van der Waals surface area (Å²) in [7, 11) is 0. The molecule has 5 rings (SSSR count). The van der Waals surface area contributed by atoms with Crippen LogP contribution >= 0.6 is 11.3 Å². The van der Waals surface area contributed by atoms with Crippen molar-refractivity contribution in [2.24, 2.45) is 0 Å². The largest absolute Gasteiger partial charge is 0.491 e. The Morgan fingerprint density at radius 3 is 2.77 bits per heavy atom. The molecule has 1 aliphatic rings. The normalized spacial score (nSPS) is 18.2. The highest BCUT2D eigenvalue weighted by molar-refractivity contribution is 7.18. The summed E-state index contributed by atoms with van der Waals surface area (Å²) in [6, 6.07) is 16.6. The van der Waals surface area contributed by atoms with Gasteiger partial charge in [0.1, 0.15) is 18.5 Å². The van der Waals surface area contributed by atoms with Crippen LogP contribution in [0.25, 0.3) is 21.5 Å². The Labute approximate surface area is 209 Å². The molecule has 0 spiro atoms. The minimum atomic E-state index is -0.551. The molecular weight excluding hydrogens is 460 g/mol. The second-order valence-electron chi connectivity index (χ2n) is 9.45. The Bertz CT molecular complexity index is 1270. The molecule has 0 radical (unpaired) electrons. The molecule has 1 saturated heterocycles. The summed E-state index contributed by atoms with van der Waals surface area (Å²) in [6.07, 6.45) is -0.551. The van der Waals surface area contributed by atoms with Crippen LogP contribution in [0.1, 0.15) is 23.2 Å². The molecule has 0 saturated carbocycles. The van der Waals surface area contributed by atoms with Crippen LogP contribution in [0.4, 0.5) is 0 Å². The smallest absolute Gasteiger partial charge is 0.167 e. The van der Waals surface area contributed by atoms with Gasteiger partial charge in [0, 0.05) is 56.5 Å². The van der Waals surface area contributed by atoms with E-state index < -0.39 is 6.10 Å². The molecule has 0 bridgehead atoms. The van der Waals surface area contributed by atoms with Gasteiger partial charge >= 0.3 is 0 Å². The van der Waals surface area contributed by atoms with E-state index in [9.17, 15) is 5.11 Å². The van der Waals surface area contributed by atoms with Gasteiger partial charge in [-0.15, -0.1) is 11.3 Å². The van der Waals surface area contributed by atoms with E-state index >= 15 is 0 Å². The van der Waals surface area contributed by atoms with E-state index in [0.29, 0.717) is 12.6 Å². The second kappa shape index (κ2) is 10.5. The number of aliphatic hydroxyl groups is 1. The van der Waals surface area contributed by atoms with E-state index in [1.54, 1.807) is 11.3 Å². The average Bonchev–Trinajstić information content (AvgIpc) is 3.45. The minimum Gasteiger partial charge on any atom is -0.491 e. The van der Waals surface area contributed by atoms with Crippen molar-refractivity contribution in [3.8, 4) is 17.1 Å². The van der Waals surface area contributed by atoms with Crippen LogP contribution < -0.4 is 4.74 Å². The lowest BCUT2D eigenvalue weighted by atomic mass is 10.1. The van der Waals surface area contributed by atoms with Crippen molar-refractivity contribution in [1.82, 2.24) is 19.9 Å². The van der Waals surface area contributed by atoms with Gasteiger partial charge in [0.15, 0.2) is 5.76 Å². The number of hydrogen-bond donors (Lipinski definition) is 1. The summed E-state index contributed by atoms with van der Waals surface area (Å²) >= 11 is 1.67. The third-order valence-electron chi connectivity index (χ3n) is 6.48. The van der Waals surface area contributed by atoms with Crippen molar-refractivity contribution in [3.63, 3.8) is 0 Å². The molecule has 1 aliphatic heterocycles. The summed E-state index contributed by atoms with van der Waals surface area (Å²) in [5.74, 6) is 1.55. The average molecular weight is 493 g/mol. The monoisotopic (exact) mass is 492 g/mol. The molecule has 184 valence electrons. The summed E-state index contributed by atoms with van der Waals surface area (Å²) in [5.41, 5.74) is 4.17. The maximum absolute atomic E-state index is 10.6. The first-order valence-corrected chi connectivity index (χ1v) is 12.9. The van der Waals surface area contributed by atoms with Crippen LogP contribution in [0, 0.1) is 13.8 Å². The number of aryl methyl sites for hydroxylation is 2. The topological polar surface area (TPSA) is 74.9 Å². The number of hydrogen-bond acceptors (Lipinski definition) is 8. The van der Waals surface area contributed by atoms with Crippen molar-refractivity contribution >= 4 is 21.6 Å². The fourth-order valence-electron chi connectivity index (χ4n) is 4.58.